The van der Waals surface area contributed by atoms with Gasteiger partial charge >= 0.3 is 0 Å². The maximum absolute atomic E-state index is 12.5. The molecule has 0 fully saturated rings. The molecule has 1 atom stereocenters. The first-order valence-corrected chi connectivity index (χ1v) is 33.4. The van der Waals surface area contributed by atoms with Gasteiger partial charge in [0.2, 0.25) is 5.91 Å². The van der Waals surface area contributed by atoms with Gasteiger partial charge in [0.05, 0.1) is 12.6 Å². The molecule has 0 radical (unpaired) electrons. The summed E-state index contributed by atoms with van der Waals surface area (Å²) in [4.78, 5) is 24.7. The van der Waals surface area contributed by atoms with Crippen LogP contribution in [0.4, 0.5) is 0 Å². The molecule has 0 saturated heterocycles. The molecule has 0 aliphatic carbocycles. The van der Waals surface area contributed by atoms with Crippen molar-refractivity contribution >= 4 is 11.7 Å². The molecule has 0 bridgehead atoms. The predicted molar refractivity (Wildman–Crippen MR) is 321 cm³/mol. The predicted octanol–water partition coefficient (Wildman–Crippen LogP) is 22.8. The summed E-state index contributed by atoms with van der Waals surface area (Å²) in [6, 6.07) is -0.0604. The highest BCUT2D eigenvalue weighted by Crippen LogP contribution is 2.19. The molecule has 4 nitrogen and oxygen atoms in total. The van der Waals surface area contributed by atoms with E-state index in [1.54, 1.807) is 0 Å². The van der Waals surface area contributed by atoms with E-state index < -0.39 is 0 Å². The molecule has 4 heteroatoms. The van der Waals surface area contributed by atoms with Gasteiger partial charge in [-0.3, -0.25) is 9.59 Å². The summed E-state index contributed by atoms with van der Waals surface area (Å²) in [6.07, 6.45) is 84.8. The largest absolute Gasteiger partial charge is 0.394 e. The van der Waals surface area contributed by atoms with Crippen molar-refractivity contribution in [2.45, 2.75) is 392 Å². The Kier molecular flexibility index (Phi) is 62.6. The SMILES string of the molecule is CCCCCC=CCC=CCCCCCCCC(=O)CCCCCCCCCCCCCCCCCCCCCCCCCCCCCC(=O)N[C@@H](CO)CCCCCCCCCCCCCCCCCC. The van der Waals surface area contributed by atoms with Gasteiger partial charge in [-0.2, -0.15) is 0 Å². The van der Waals surface area contributed by atoms with E-state index >= 15 is 0 Å². The zero-order valence-electron chi connectivity index (χ0n) is 49.4. The molecule has 0 aliphatic heterocycles. The Morgan fingerprint density at radius 1 is 0.319 bits per heavy atom. The van der Waals surface area contributed by atoms with E-state index in [0.717, 1.165) is 57.8 Å². The summed E-state index contributed by atoms with van der Waals surface area (Å²) in [5.41, 5.74) is 0. The Morgan fingerprint density at radius 3 is 0.889 bits per heavy atom. The maximum atomic E-state index is 12.5. The monoisotopic (exact) mass is 1010 g/mol. The van der Waals surface area contributed by atoms with Crippen LogP contribution in [0.2, 0.25) is 0 Å². The molecule has 0 aromatic rings. The number of rotatable bonds is 63. The number of Topliss-reactive ketones (excluding diaryl/α,β-unsaturated/α-hetero) is 1. The van der Waals surface area contributed by atoms with E-state index in [4.69, 9.17) is 0 Å². The number of nitrogens with one attached hydrogen (secondary N) is 1. The summed E-state index contributed by atoms with van der Waals surface area (Å²) in [5.74, 6) is 0.642. The lowest BCUT2D eigenvalue weighted by Gasteiger charge is -2.16. The maximum Gasteiger partial charge on any atom is 0.220 e. The molecule has 0 rings (SSSR count). The van der Waals surface area contributed by atoms with Crippen LogP contribution in [-0.2, 0) is 9.59 Å². The number of aliphatic hydroxyl groups excluding tert-OH is 1. The first-order chi connectivity index (χ1) is 35.6. The lowest BCUT2D eigenvalue weighted by molar-refractivity contribution is -0.122. The van der Waals surface area contributed by atoms with Crippen LogP contribution in [0.15, 0.2) is 24.3 Å². The average molecular weight is 1010 g/mol. The number of carbonyl (C=O) groups excluding carboxylic acids is 2. The van der Waals surface area contributed by atoms with Crippen LogP contribution in [0.1, 0.15) is 386 Å². The third-order valence-electron chi connectivity index (χ3n) is 15.8. The quantitative estimate of drug-likeness (QED) is 0.0471. The summed E-state index contributed by atoms with van der Waals surface area (Å²) < 4.78 is 0. The van der Waals surface area contributed by atoms with E-state index in [9.17, 15) is 14.7 Å². The van der Waals surface area contributed by atoms with Gasteiger partial charge in [-0.15, -0.1) is 0 Å². The lowest BCUT2D eigenvalue weighted by Crippen LogP contribution is -2.37. The summed E-state index contributed by atoms with van der Waals surface area (Å²) >= 11 is 0. The standard InChI is InChI=1S/C68H131NO3/c1-3-5-7-9-11-13-15-17-19-34-37-41-45-49-53-57-61-66(65-70)69-68(72)64-60-56-52-48-44-40-36-32-30-28-26-24-22-20-21-23-25-27-29-31-35-39-43-47-51-55-59-63-67(71)62-58-54-50-46-42-38-33-18-16-14-12-10-8-6-4-2/h12,14,18,33,66,70H,3-11,13,15-17,19-32,34-65H2,1-2H3,(H,69,72)/t66-/m1/s1. The van der Waals surface area contributed by atoms with Gasteiger partial charge < -0.3 is 10.4 Å². The number of hydrogen-bond acceptors (Lipinski definition) is 3. The molecular weight excluding hydrogens is 879 g/mol. The van der Waals surface area contributed by atoms with Crippen LogP contribution >= 0.6 is 0 Å². The summed E-state index contributed by atoms with van der Waals surface area (Å²) in [6.45, 7) is 4.62. The fourth-order valence-electron chi connectivity index (χ4n) is 10.7. The van der Waals surface area contributed by atoms with Crippen LogP contribution in [0.5, 0.6) is 0 Å². The van der Waals surface area contributed by atoms with Crippen LogP contribution in [-0.4, -0.2) is 29.4 Å². The van der Waals surface area contributed by atoms with Gasteiger partial charge in [0, 0.05) is 19.3 Å². The smallest absolute Gasteiger partial charge is 0.220 e. The molecule has 72 heavy (non-hydrogen) atoms. The highest BCUT2D eigenvalue weighted by molar-refractivity contribution is 5.78. The number of hydrogen-bond donors (Lipinski definition) is 2. The molecule has 0 unspecified atom stereocenters. The second-order valence-electron chi connectivity index (χ2n) is 23.1. The van der Waals surface area contributed by atoms with E-state index in [-0.39, 0.29) is 18.6 Å². The van der Waals surface area contributed by atoms with Crippen molar-refractivity contribution in [3.63, 3.8) is 0 Å². The van der Waals surface area contributed by atoms with Gasteiger partial charge in [-0.25, -0.2) is 0 Å². The van der Waals surface area contributed by atoms with Gasteiger partial charge in [-0.05, 0) is 57.8 Å². The number of carbonyl (C=O) groups is 2. The van der Waals surface area contributed by atoms with E-state index in [1.807, 2.05) is 0 Å². The van der Waals surface area contributed by atoms with Crippen molar-refractivity contribution < 1.29 is 14.7 Å². The van der Waals surface area contributed by atoms with Gasteiger partial charge in [0.25, 0.3) is 0 Å². The topological polar surface area (TPSA) is 66.4 Å². The second kappa shape index (κ2) is 63.9. The molecule has 0 heterocycles. The first kappa shape index (κ1) is 70.6. The van der Waals surface area contributed by atoms with Crippen molar-refractivity contribution in [2.75, 3.05) is 6.61 Å². The Bertz CT molecular complexity index is 1100. The number of allylic oxidation sites excluding steroid dienone is 4. The zero-order valence-corrected chi connectivity index (χ0v) is 49.4. The molecule has 0 aromatic heterocycles. The minimum Gasteiger partial charge on any atom is -0.394 e. The number of ketones is 1. The minimum absolute atomic E-state index is 0.0604. The highest BCUT2D eigenvalue weighted by Gasteiger charge is 2.11. The van der Waals surface area contributed by atoms with Gasteiger partial charge in [0.1, 0.15) is 5.78 Å². The van der Waals surface area contributed by atoms with Crippen molar-refractivity contribution in [2.24, 2.45) is 0 Å². The van der Waals surface area contributed by atoms with Crippen molar-refractivity contribution in [3.8, 4) is 0 Å². The van der Waals surface area contributed by atoms with Crippen LogP contribution in [0.3, 0.4) is 0 Å². The molecule has 0 spiro atoms. The third-order valence-corrected chi connectivity index (χ3v) is 15.8. The van der Waals surface area contributed by atoms with Crippen LogP contribution in [0.25, 0.3) is 0 Å². The Morgan fingerprint density at radius 2 is 0.569 bits per heavy atom. The van der Waals surface area contributed by atoms with Crippen molar-refractivity contribution in [1.82, 2.24) is 5.32 Å². The molecule has 426 valence electrons. The molecule has 0 aliphatic rings. The first-order valence-electron chi connectivity index (χ1n) is 33.4. The Labute approximate surface area is 452 Å². The molecule has 0 aromatic carbocycles. The summed E-state index contributed by atoms with van der Waals surface area (Å²) in [5, 5.41) is 12.9. The molecule has 1 amide bonds. The lowest BCUT2D eigenvalue weighted by atomic mass is 10.0. The third kappa shape index (κ3) is 61.1. The molecule has 0 saturated carbocycles. The van der Waals surface area contributed by atoms with Crippen LogP contribution in [0, 0.1) is 0 Å². The van der Waals surface area contributed by atoms with Crippen LogP contribution < -0.4 is 5.32 Å². The van der Waals surface area contributed by atoms with Gasteiger partial charge in [-0.1, -0.05) is 334 Å². The fraction of sp³-hybridized carbons (Fsp3) is 0.912. The van der Waals surface area contributed by atoms with E-state index in [1.165, 1.54) is 308 Å². The Hall–Kier alpha value is -1.42. The van der Waals surface area contributed by atoms with Gasteiger partial charge in [0.15, 0.2) is 0 Å². The van der Waals surface area contributed by atoms with E-state index in [0.29, 0.717) is 12.2 Å². The Balaban J connectivity index is 3.30. The van der Waals surface area contributed by atoms with Crippen molar-refractivity contribution in [1.29, 1.82) is 0 Å². The summed E-state index contributed by atoms with van der Waals surface area (Å²) in [7, 11) is 0. The van der Waals surface area contributed by atoms with Crippen molar-refractivity contribution in [3.05, 3.63) is 24.3 Å². The number of aliphatic hydroxyl groups is 1. The molecule has 2 N–H and O–H groups in total. The zero-order chi connectivity index (χ0) is 52.0. The highest BCUT2D eigenvalue weighted by atomic mass is 16.3. The van der Waals surface area contributed by atoms with E-state index in [2.05, 4.69) is 43.5 Å². The average Bonchev–Trinajstić information content (AvgIpc) is 3.38. The minimum atomic E-state index is -0.0604. The molecular formula is C68H131NO3. The normalized spacial score (nSPS) is 12.3. The number of unbranched alkanes of at least 4 members (excludes halogenated alkanes) is 49. The fourth-order valence-corrected chi connectivity index (χ4v) is 10.7. The number of amides is 1. The second-order valence-corrected chi connectivity index (χ2v) is 23.1.